The number of ether oxygens (including phenoxy) is 1. The molecule has 4 nitrogen and oxygen atoms in total. The van der Waals surface area contributed by atoms with Crippen molar-refractivity contribution in [3.05, 3.63) is 52.5 Å². The number of piperazine rings is 1. The van der Waals surface area contributed by atoms with E-state index in [1.807, 2.05) is 12.1 Å². The highest BCUT2D eigenvalue weighted by molar-refractivity contribution is 6.31. The van der Waals surface area contributed by atoms with Crippen molar-refractivity contribution in [3.8, 4) is 16.9 Å². The topological polar surface area (TPSA) is 35.9 Å². The third kappa shape index (κ3) is 5.45. The summed E-state index contributed by atoms with van der Waals surface area (Å²) in [6.45, 7) is 9.18. The molecule has 1 aliphatic rings. The number of rotatable bonds is 6. The second kappa shape index (κ2) is 9.07. The van der Waals surface area contributed by atoms with Crippen LogP contribution in [0.3, 0.4) is 0 Å². The van der Waals surface area contributed by atoms with E-state index in [2.05, 4.69) is 48.9 Å². The first-order chi connectivity index (χ1) is 12.9. The number of hydrogen-bond donors (Lipinski definition) is 1. The normalized spacial score (nSPS) is 17.1. The number of halogens is 1. The van der Waals surface area contributed by atoms with Crippen molar-refractivity contribution >= 4 is 11.6 Å². The molecule has 1 saturated heterocycles. The lowest BCUT2D eigenvalue weighted by atomic mass is 9.97. The fourth-order valence-electron chi connectivity index (χ4n) is 3.44. The molecule has 1 aliphatic heterocycles. The molecule has 27 heavy (non-hydrogen) atoms. The maximum Gasteiger partial charge on any atom is 0.121 e. The molecular formula is C22H29ClN2O2. The van der Waals surface area contributed by atoms with Crippen LogP contribution in [-0.4, -0.2) is 67.4 Å². The highest BCUT2D eigenvalue weighted by Crippen LogP contribution is 2.31. The van der Waals surface area contributed by atoms with Crippen LogP contribution in [-0.2, 0) is 0 Å². The van der Waals surface area contributed by atoms with Gasteiger partial charge in [0.1, 0.15) is 18.5 Å². The molecule has 0 amide bonds. The first-order valence-corrected chi connectivity index (χ1v) is 9.89. The molecule has 1 fully saturated rings. The highest BCUT2D eigenvalue weighted by atomic mass is 35.5. The van der Waals surface area contributed by atoms with E-state index >= 15 is 0 Å². The van der Waals surface area contributed by atoms with Gasteiger partial charge in [0.2, 0.25) is 0 Å². The van der Waals surface area contributed by atoms with Gasteiger partial charge in [-0.3, -0.25) is 4.90 Å². The average Bonchev–Trinajstić information content (AvgIpc) is 2.64. The van der Waals surface area contributed by atoms with Crippen LogP contribution in [0.1, 0.15) is 11.1 Å². The SMILES string of the molecule is Cc1cccc(-c2cc(Cl)cc(OCC(O)CN3CCN(C)CC3)c2)c1C. The first kappa shape index (κ1) is 20.2. The lowest BCUT2D eigenvalue weighted by Crippen LogP contribution is -2.47. The summed E-state index contributed by atoms with van der Waals surface area (Å²) in [7, 11) is 2.13. The van der Waals surface area contributed by atoms with Gasteiger partial charge in [-0.2, -0.15) is 0 Å². The largest absolute Gasteiger partial charge is 0.491 e. The zero-order valence-electron chi connectivity index (χ0n) is 16.4. The van der Waals surface area contributed by atoms with Gasteiger partial charge < -0.3 is 14.7 Å². The smallest absolute Gasteiger partial charge is 0.121 e. The van der Waals surface area contributed by atoms with Crippen LogP contribution >= 0.6 is 11.6 Å². The Morgan fingerprint density at radius 1 is 1.11 bits per heavy atom. The number of hydrogen-bond acceptors (Lipinski definition) is 4. The number of aliphatic hydroxyl groups excluding tert-OH is 1. The summed E-state index contributed by atoms with van der Waals surface area (Å²) in [5.41, 5.74) is 4.67. The van der Waals surface area contributed by atoms with Crippen molar-refractivity contribution < 1.29 is 9.84 Å². The summed E-state index contributed by atoms with van der Waals surface area (Å²) in [4.78, 5) is 4.59. The van der Waals surface area contributed by atoms with E-state index in [-0.39, 0.29) is 6.61 Å². The minimum atomic E-state index is -0.517. The van der Waals surface area contributed by atoms with E-state index in [0.717, 1.165) is 37.3 Å². The Bertz CT molecular complexity index is 773. The van der Waals surface area contributed by atoms with Crippen molar-refractivity contribution in [2.75, 3.05) is 46.4 Å². The van der Waals surface area contributed by atoms with E-state index in [1.165, 1.54) is 11.1 Å². The molecule has 0 bridgehead atoms. The number of aliphatic hydroxyl groups is 1. The standard InChI is InChI=1S/C22H29ClN2O2/c1-16-5-4-6-22(17(16)2)18-11-19(23)13-21(12-18)27-15-20(26)14-25-9-7-24(3)8-10-25/h4-6,11-13,20,26H,7-10,14-15H2,1-3H3. The molecule has 146 valence electrons. The average molecular weight is 389 g/mol. The van der Waals surface area contributed by atoms with Crippen molar-refractivity contribution in [2.24, 2.45) is 0 Å². The summed E-state index contributed by atoms with van der Waals surface area (Å²) in [6, 6.07) is 12.0. The van der Waals surface area contributed by atoms with Crippen LogP contribution in [0.4, 0.5) is 0 Å². The van der Waals surface area contributed by atoms with E-state index < -0.39 is 6.10 Å². The lowest BCUT2D eigenvalue weighted by molar-refractivity contribution is 0.0505. The molecular weight excluding hydrogens is 360 g/mol. The summed E-state index contributed by atoms with van der Waals surface area (Å²) in [6.07, 6.45) is -0.517. The molecule has 0 aromatic heterocycles. The molecule has 1 heterocycles. The summed E-state index contributed by atoms with van der Waals surface area (Å²) in [5, 5.41) is 11.0. The van der Waals surface area contributed by atoms with Gasteiger partial charge in [-0.05, 0) is 61.3 Å². The van der Waals surface area contributed by atoms with Crippen LogP contribution in [0.2, 0.25) is 5.02 Å². The zero-order chi connectivity index (χ0) is 19.4. The Morgan fingerprint density at radius 2 is 1.85 bits per heavy atom. The van der Waals surface area contributed by atoms with Crippen molar-refractivity contribution in [1.82, 2.24) is 9.80 Å². The molecule has 1 N–H and O–H groups in total. The summed E-state index contributed by atoms with van der Waals surface area (Å²) < 4.78 is 5.87. The second-order valence-electron chi connectivity index (χ2n) is 7.49. The number of nitrogens with zero attached hydrogens (tertiary/aromatic N) is 2. The molecule has 0 spiro atoms. The Hall–Kier alpha value is -1.59. The fourth-order valence-corrected chi connectivity index (χ4v) is 3.66. The summed E-state index contributed by atoms with van der Waals surface area (Å²) in [5.74, 6) is 0.691. The third-order valence-corrected chi connectivity index (χ3v) is 5.51. The maximum absolute atomic E-state index is 10.4. The van der Waals surface area contributed by atoms with Gasteiger partial charge in [0.05, 0.1) is 0 Å². The second-order valence-corrected chi connectivity index (χ2v) is 7.93. The predicted molar refractivity (Wildman–Crippen MR) is 112 cm³/mol. The zero-order valence-corrected chi connectivity index (χ0v) is 17.2. The van der Waals surface area contributed by atoms with E-state index in [0.29, 0.717) is 17.3 Å². The number of likely N-dealkylation sites (N-methyl/N-ethyl adjacent to an activating group) is 1. The molecule has 0 aliphatic carbocycles. The van der Waals surface area contributed by atoms with Gasteiger partial charge in [-0.15, -0.1) is 0 Å². The van der Waals surface area contributed by atoms with Gasteiger partial charge in [-0.1, -0.05) is 29.8 Å². The minimum Gasteiger partial charge on any atom is -0.491 e. The van der Waals surface area contributed by atoms with E-state index in [4.69, 9.17) is 16.3 Å². The van der Waals surface area contributed by atoms with E-state index in [9.17, 15) is 5.11 Å². The Balaban J connectivity index is 1.63. The number of benzene rings is 2. The molecule has 0 saturated carbocycles. The van der Waals surface area contributed by atoms with Crippen LogP contribution < -0.4 is 4.74 Å². The van der Waals surface area contributed by atoms with Crippen LogP contribution in [0.5, 0.6) is 5.75 Å². The highest BCUT2D eigenvalue weighted by Gasteiger charge is 2.17. The van der Waals surface area contributed by atoms with Crippen molar-refractivity contribution in [3.63, 3.8) is 0 Å². The number of β-amino-alcohol motifs (C(OH)–C–C–N with tert-alkyl or cyclic N) is 1. The van der Waals surface area contributed by atoms with E-state index in [1.54, 1.807) is 6.07 Å². The van der Waals surface area contributed by atoms with Crippen LogP contribution in [0, 0.1) is 13.8 Å². The van der Waals surface area contributed by atoms with Gasteiger partial charge in [-0.25, -0.2) is 0 Å². The Kier molecular flexibility index (Phi) is 6.77. The Labute approximate surface area is 167 Å². The van der Waals surface area contributed by atoms with Gasteiger partial charge in [0.25, 0.3) is 0 Å². The predicted octanol–water partition coefficient (Wildman–Crippen LogP) is 3.61. The molecule has 3 rings (SSSR count). The molecule has 1 unspecified atom stereocenters. The molecule has 5 heteroatoms. The first-order valence-electron chi connectivity index (χ1n) is 9.51. The van der Waals surface area contributed by atoms with Gasteiger partial charge >= 0.3 is 0 Å². The Morgan fingerprint density at radius 3 is 2.59 bits per heavy atom. The quantitative estimate of drug-likeness (QED) is 0.820. The monoisotopic (exact) mass is 388 g/mol. The lowest BCUT2D eigenvalue weighted by Gasteiger charge is -2.33. The maximum atomic E-state index is 10.4. The van der Waals surface area contributed by atoms with Crippen LogP contribution in [0.15, 0.2) is 36.4 Å². The molecule has 1 atom stereocenters. The van der Waals surface area contributed by atoms with Gasteiger partial charge in [0, 0.05) is 37.7 Å². The summed E-state index contributed by atoms with van der Waals surface area (Å²) >= 11 is 6.32. The van der Waals surface area contributed by atoms with Crippen molar-refractivity contribution in [2.45, 2.75) is 20.0 Å². The van der Waals surface area contributed by atoms with Crippen molar-refractivity contribution in [1.29, 1.82) is 0 Å². The minimum absolute atomic E-state index is 0.263. The van der Waals surface area contributed by atoms with Gasteiger partial charge in [0.15, 0.2) is 0 Å². The number of aryl methyl sites for hydroxylation is 1. The third-order valence-electron chi connectivity index (χ3n) is 5.29. The fraction of sp³-hybridized carbons (Fsp3) is 0.455. The molecule has 2 aromatic rings. The molecule has 2 aromatic carbocycles. The van der Waals surface area contributed by atoms with Crippen LogP contribution in [0.25, 0.3) is 11.1 Å². The molecule has 0 radical (unpaired) electrons.